The van der Waals surface area contributed by atoms with Crippen LogP contribution in [0.4, 0.5) is 10.9 Å². The first-order valence-corrected chi connectivity index (χ1v) is 10.9. The van der Waals surface area contributed by atoms with E-state index in [1.54, 1.807) is 7.11 Å². The molecule has 1 atom stereocenters. The number of rotatable bonds is 7. The molecule has 4 rings (SSSR count). The third-order valence-corrected chi connectivity index (χ3v) is 6.12. The van der Waals surface area contributed by atoms with Gasteiger partial charge in [-0.1, -0.05) is 36.5 Å². The normalized spacial score (nSPS) is 16.1. The molecule has 8 heteroatoms. The highest BCUT2D eigenvalue weighted by atomic mass is 32.1. The van der Waals surface area contributed by atoms with Gasteiger partial charge in [-0.05, 0) is 49.1 Å². The number of methoxy groups -OCH3 is 1. The van der Waals surface area contributed by atoms with Gasteiger partial charge in [-0.3, -0.25) is 4.79 Å². The summed E-state index contributed by atoms with van der Waals surface area (Å²) < 4.78 is 5.15. The Morgan fingerprint density at radius 2 is 2.07 bits per heavy atom. The van der Waals surface area contributed by atoms with Crippen molar-refractivity contribution in [2.45, 2.75) is 38.8 Å². The van der Waals surface area contributed by atoms with Crippen LogP contribution in [0.1, 0.15) is 52.4 Å². The van der Waals surface area contributed by atoms with Crippen LogP contribution < -0.4 is 5.32 Å². The van der Waals surface area contributed by atoms with Crippen molar-refractivity contribution in [1.82, 2.24) is 20.1 Å². The predicted molar refractivity (Wildman–Crippen MR) is 117 cm³/mol. The molecule has 1 N–H and O–H groups in total. The molecule has 1 saturated heterocycles. The fourth-order valence-corrected chi connectivity index (χ4v) is 4.34. The first-order valence-electron chi connectivity index (χ1n) is 10.1. The summed E-state index contributed by atoms with van der Waals surface area (Å²) in [5, 5.41) is 13.2. The third kappa shape index (κ3) is 4.49. The number of likely N-dealkylation sites (tertiary alicyclic amines) is 1. The van der Waals surface area contributed by atoms with Gasteiger partial charge < -0.3 is 15.0 Å². The van der Waals surface area contributed by atoms with Gasteiger partial charge in [-0.15, -0.1) is 10.2 Å². The number of benzene rings is 1. The standard InChI is InChI=1S/C22H25N5O2S/c1-3-20-25-26-22(30-20)24-19-8-4-6-17(23-19)18-7-5-13-27(18)21(28)16-11-9-15(10-12-16)14-29-2/h4,6,8-12,18H,3,5,7,13-14H2,1-2H3,(H,23,24,26)/t18-/m1/s1. The second-order valence-electron chi connectivity index (χ2n) is 7.21. The van der Waals surface area contributed by atoms with Gasteiger partial charge in [0, 0.05) is 19.2 Å². The predicted octanol–water partition coefficient (Wildman–Crippen LogP) is 4.36. The van der Waals surface area contributed by atoms with E-state index in [9.17, 15) is 4.79 Å². The van der Waals surface area contributed by atoms with Gasteiger partial charge >= 0.3 is 0 Å². The zero-order chi connectivity index (χ0) is 20.9. The van der Waals surface area contributed by atoms with E-state index in [1.807, 2.05) is 47.4 Å². The van der Waals surface area contributed by atoms with Crippen molar-refractivity contribution in [2.24, 2.45) is 0 Å². The van der Waals surface area contributed by atoms with Gasteiger partial charge in [0.05, 0.1) is 18.3 Å². The van der Waals surface area contributed by atoms with Crippen LogP contribution >= 0.6 is 11.3 Å². The summed E-state index contributed by atoms with van der Waals surface area (Å²) in [5.41, 5.74) is 2.63. The van der Waals surface area contributed by atoms with E-state index in [0.29, 0.717) is 12.2 Å². The number of nitrogens with one attached hydrogen (secondary N) is 1. The molecule has 3 heterocycles. The highest BCUT2D eigenvalue weighted by Crippen LogP contribution is 2.33. The van der Waals surface area contributed by atoms with Crippen LogP contribution in [0.3, 0.4) is 0 Å². The highest BCUT2D eigenvalue weighted by Gasteiger charge is 2.31. The lowest BCUT2D eigenvalue weighted by atomic mass is 10.1. The molecule has 1 aliphatic heterocycles. The lowest BCUT2D eigenvalue weighted by molar-refractivity contribution is 0.0733. The summed E-state index contributed by atoms with van der Waals surface area (Å²) in [7, 11) is 1.66. The summed E-state index contributed by atoms with van der Waals surface area (Å²) in [6.07, 6.45) is 2.73. The van der Waals surface area contributed by atoms with Crippen LogP contribution in [0.2, 0.25) is 0 Å². The van der Waals surface area contributed by atoms with Gasteiger partial charge in [-0.2, -0.15) is 0 Å². The Balaban J connectivity index is 1.50. The van der Waals surface area contributed by atoms with E-state index >= 15 is 0 Å². The first-order chi connectivity index (χ1) is 14.7. The Morgan fingerprint density at radius 1 is 1.23 bits per heavy atom. The van der Waals surface area contributed by atoms with E-state index in [2.05, 4.69) is 22.4 Å². The first kappa shape index (κ1) is 20.4. The second kappa shape index (κ2) is 9.32. The zero-order valence-corrected chi connectivity index (χ0v) is 18.0. The molecular weight excluding hydrogens is 398 g/mol. The molecule has 1 aliphatic rings. The molecule has 2 aromatic heterocycles. The van der Waals surface area contributed by atoms with Crippen LogP contribution in [0.25, 0.3) is 0 Å². The number of hydrogen-bond donors (Lipinski definition) is 1. The van der Waals surface area contributed by atoms with E-state index < -0.39 is 0 Å². The molecule has 1 amide bonds. The van der Waals surface area contributed by atoms with Crippen LogP contribution in [0.5, 0.6) is 0 Å². The molecule has 3 aromatic rings. The number of nitrogens with zero attached hydrogens (tertiary/aromatic N) is 4. The molecule has 0 bridgehead atoms. The summed E-state index contributed by atoms with van der Waals surface area (Å²) in [6.45, 7) is 3.33. The average Bonchev–Trinajstić information content (AvgIpc) is 3.44. The Hall–Kier alpha value is -2.84. The minimum absolute atomic E-state index is 0.0291. The molecular formula is C22H25N5O2S. The van der Waals surface area contributed by atoms with Gasteiger partial charge in [0.15, 0.2) is 0 Å². The summed E-state index contributed by atoms with van der Waals surface area (Å²) in [4.78, 5) is 19.8. The quantitative estimate of drug-likeness (QED) is 0.608. The number of aromatic nitrogens is 3. The number of hydrogen-bond acceptors (Lipinski definition) is 7. The monoisotopic (exact) mass is 423 g/mol. The molecule has 0 radical (unpaired) electrons. The Labute approximate surface area is 180 Å². The highest BCUT2D eigenvalue weighted by molar-refractivity contribution is 7.15. The summed E-state index contributed by atoms with van der Waals surface area (Å²) in [6, 6.07) is 13.5. The molecule has 0 spiro atoms. The Kier molecular flexibility index (Phi) is 6.35. The number of amides is 1. The van der Waals surface area contributed by atoms with E-state index in [0.717, 1.165) is 53.0 Å². The molecule has 0 unspecified atom stereocenters. The number of aryl methyl sites for hydroxylation is 1. The van der Waals surface area contributed by atoms with Crippen molar-refractivity contribution in [1.29, 1.82) is 0 Å². The average molecular weight is 424 g/mol. The second-order valence-corrected chi connectivity index (χ2v) is 8.28. The molecule has 0 aliphatic carbocycles. The number of carbonyl (C=O) groups is 1. The maximum atomic E-state index is 13.1. The van der Waals surface area contributed by atoms with Crippen molar-refractivity contribution in [2.75, 3.05) is 19.0 Å². The molecule has 1 fully saturated rings. The molecule has 1 aromatic carbocycles. The van der Waals surface area contributed by atoms with Crippen LogP contribution in [0, 0.1) is 0 Å². The van der Waals surface area contributed by atoms with Crippen LogP contribution in [-0.2, 0) is 17.8 Å². The molecule has 30 heavy (non-hydrogen) atoms. The largest absolute Gasteiger partial charge is 0.380 e. The van der Waals surface area contributed by atoms with Crippen molar-refractivity contribution in [3.05, 3.63) is 64.3 Å². The smallest absolute Gasteiger partial charge is 0.254 e. The number of anilines is 2. The lowest BCUT2D eigenvalue weighted by Gasteiger charge is -2.25. The van der Waals surface area contributed by atoms with Gasteiger partial charge in [0.25, 0.3) is 5.91 Å². The number of carbonyl (C=O) groups excluding carboxylic acids is 1. The minimum Gasteiger partial charge on any atom is -0.380 e. The van der Waals surface area contributed by atoms with E-state index in [-0.39, 0.29) is 11.9 Å². The van der Waals surface area contributed by atoms with Crippen LogP contribution in [0.15, 0.2) is 42.5 Å². The summed E-state index contributed by atoms with van der Waals surface area (Å²) >= 11 is 1.53. The number of pyridine rings is 1. The zero-order valence-electron chi connectivity index (χ0n) is 17.2. The van der Waals surface area contributed by atoms with Crippen molar-refractivity contribution >= 4 is 28.2 Å². The van der Waals surface area contributed by atoms with Crippen molar-refractivity contribution in [3.63, 3.8) is 0 Å². The van der Waals surface area contributed by atoms with Crippen molar-refractivity contribution in [3.8, 4) is 0 Å². The van der Waals surface area contributed by atoms with Gasteiger partial charge in [0.2, 0.25) is 5.13 Å². The minimum atomic E-state index is -0.0291. The fourth-order valence-electron chi connectivity index (χ4n) is 3.66. The fraction of sp³-hybridized carbons (Fsp3) is 0.364. The maximum Gasteiger partial charge on any atom is 0.254 e. The topological polar surface area (TPSA) is 80.2 Å². The van der Waals surface area contributed by atoms with Crippen molar-refractivity contribution < 1.29 is 9.53 Å². The van der Waals surface area contributed by atoms with Gasteiger partial charge in [-0.25, -0.2) is 4.98 Å². The summed E-state index contributed by atoms with van der Waals surface area (Å²) in [5.74, 6) is 0.757. The maximum absolute atomic E-state index is 13.1. The van der Waals surface area contributed by atoms with Crippen LogP contribution in [-0.4, -0.2) is 39.6 Å². The Morgan fingerprint density at radius 3 is 2.80 bits per heavy atom. The molecule has 7 nitrogen and oxygen atoms in total. The van der Waals surface area contributed by atoms with Gasteiger partial charge in [0.1, 0.15) is 10.8 Å². The lowest BCUT2D eigenvalue weighted by Crippen LogP contribution is -2.31. The Bertz CT molecular complexity index is 1000. The SMILES string of the molecule is CCc1nnc(Nc2cccc([C@H]3CCCN3C(=O)c3ccc(COC)cc3)n2)s1. The third-order valence-electron chi connectivity index (χ3n) is 5.14. The number of ether oxygens (including phenoxy) is 1. The van der Waals surface area contributed by atoms with E-state index in [1.165, 1.54) is 11.3 Å². The van der Waals surface area contributed by atoms with E-state index in [4.69, 9.17) is 9.72 Å². The molecule has 156 valence electrons. The molecule has 0 saturated carbocycles.